The molecule has 0 radical (unpaired) electrons. The molecule has 0 aromatic carbocycles. The van der Waals surface area contributed by atoms with Gasteiger partial charge in [-0.25, -0.2) is 0 Å². The number of ether oxygens (including phenoxy) is 11. The third-order valence-electron chi connectivity index (χ3n) is 24.0. The van der Waals surface area contributed by atoms with Crippen molar-refractivity contribution >= 4 is 6.29 Å². The highest BCUT2D eigenvalue weighted by atomic mass is 16.8. The molecule has 11 aliphatic rings. The van der Waals surface area contributed by atoms with Crippen LogP contribution in [0.4, 0.5) is 0 Å². The third-order valence-corrected chi connectivity index (χ3v) is 24.0. The molecule has 11 fully saturated rings. The van der Waals surface area contributed by atoms with E-state index in [-0.39, 0.29) is 34.0 Å². The predicted octanol–water partition coefficient (Wildman–Crippen LogP) is -4.07. The van der Waals surface area contributed by atoms with Gasteiger partial charge < -0.3 is 133 Å². The van der Waals surface area contributed by atoms with E-state index < -0.39 is 208 Å². The Labute approximate surface area is 493 Å². The van der Waals surface area contributed by atoms with Crippen molar-refractivity contribution in [3.8, 4) is 0 Å². The Morgan fingerprint density at radius 1 is 0.506 bits per heavy atom. The highest BCUT2D eigenvalue weighted by Crippen LogP contribution is 2.80. The minimum absolute atomic E-state index is 0.0423. The summed E-state index contributed by atoms with van der Waals surface area (Å²) >= 11 is 0. The molecule has 488 valence electrons. The Balaban J connectivity index is 0.849. The Kier molecular flexibility index (Phi) is 18.1. The smallest absolute Gasteiger partial charge is 0.187 e. The minimum Gasteiger partial charge on any atom is -0.394 e. The Morgan fingerprint density at radius 3 is 1.76 bits per heavy atom. The largest absolute Gasteiger partial charge is 0.394 e. The average Bonchev–Trinajstić information content (AvgIpc) is 1.63. The van der Waals surface area contributed by atoms with E-state index in [1.54, 1.807) is 0 Å². The number of hydrogen-bond donors (Lipinski definition) is 15. The van der Waals surface area contributed by atoms with Gasteiger partial charge in [0, 0.05) is 16.2 Å². The molecule has 5 saturated carbocycles. The summed E-state index contributed by atoms with van der Waals surface area (Å²) in [6, 6.07) is 0. The van der Waals surface area contributed by atoms with E-state index in [0.29, 0.717) is 25.9 Å². The normalized spacial score (nSPS) is 57.6. The standard InChI is InChI=1S/C58H94O27/c1-52(2)29-7-11-55(5)30(8-12-58-31-15-53(3,22-61)13-14-57(31,23-78-58)32(63)16-56(55,58)6)54(29,4)10-9-33(52)83-50-45(85-49-44(74)40(70)36(66)26(18-60)80-49)38(68)28(21-77-50)82-51-46(84-48-42(72)34(64)24(62)19-75-48)41(71)37(67)27(81-51)20-76-47-43(73)39(69)35(65)25(17-59)79-47/h22,24-51,59-60,62-74H,7-21,23H2,1-6H3/t24-,25+,26-,27+,28+,29-,30-,31-,32-,33-,34-,35+,36+,37+,38+,39-,40+,41-,42-,43+,44-,45+,46-,47+,48-,49+,50-,51+,53+,54-,55-,56-,57+,58-/m0/s1. The molecule has 6 saturated heterocycles. The number of hydrogen-bond acceptors (Lipinski definition) is 27. The van der Waals surface area contributed by atoms with Crippen LogP contribution in [0.3, 0.4) is 0 Å². The fraction of sp³-hybridized carbons (Fsp3) is 0.983. The van der Waals surface area contributed by atoms with Gasteiger partial charge in [-0.2, -0.15) is 0 Å². The van der Waals surface area contributed by atoms with Gasteiger partial charge in [0.05, 0.1) is 57.5 Å². The monoisotopic (exact) mass is 1220 g/mol. The van der Waals surface area contributed by atoms with E-state index >= 15 is 0 Å². The van der Waals surface area contributed by atoms with Gasteiger partial charge in [-0.05, 0) is 98.2 Å². The van der Waals surface area contributed by atoms with Gasteiger partial charge in [-0.3, -0.25) is 0 Å². The first-order chi connectivity index (χ1) is 40.0. The fourth-order valence-corrected chi connectivity index (χ4v) is 18.8. The molecule has 27 heteroatoms. The van der Waals surface area contributed by atoms with Crippen molar-refractivity contribution in [2.75, 3.05) is 39.6 Å². The van der Waals surface area contributed by atoms with Crippen LogP contribution in [-0.2, 0) is 56.9 Å². The number of aliphatic hydroxyl groups is 15. The zero-order valence-electron chi connectivity index (χ0n) is 49.2. The third kappa shape index (κ3) is 10.3. The Bertz CT molecular complexity index is 2340. The highest BCUT2D eigenvalue weighted by molar-refractivity contribution is 5.59. The summed E-state index contributed by atoms with van der Waals surface area (Å²) in [5, 5.41) is 164. The Morgan fingerprint density at radius 2 is 1.09 bits per heavy atom. The zero-order chi connectivity index (χ0) is 61.5. The summed E-state index contributed by atoms with van der Waals surface area (Å²) in [5.41, 5.74) is -2.85. The molecule has 0 unspecified atom stereocenters. The molecule has 6 aliphatic heterocycles. The summed E-state index contributed by atoms with van der Waals surface area (Å²) in [6.45, 7) is 10.6. The van der Waals surface area contributed by atoms with Crippen molar-refractivity contribution in [1.82, 2.24) is 0 Å². The molecular formula is C58H94O27. The number of aldehydes is 1. The van der Waals surface area contributed by atoms with Gasteiger partial charge in [0.25, 0.3) is 0 Å². The summed E-state index contributed by atoms with van der Waals surface area (Å²) in [6.07, 6.45) is -33.0. The number of carbonyl (C=O) groups excluding carboxylic acids is 1. The molecule has 6 heterocycles. The van der Waals surface area contributed by atoms with Crippen LogP contribution in [0, 0.1) is 50.2 Å². The number of carbonyl (C=O) groups is 1. The molecule has 2 bridgehead atoms. The number of aliphatic hydroxyl groups excluding tert-OH is 15. The first-order valence-electron chi connectivity index (χ1n) is 30.6. The van der Waals surface area contributed by atoms with E-state index in [4.69, 9.17) is 52.1 Å². The van der Waals surface area contributed by atoms with Crippen molar-refractivity contribution in [3.05, 3.63) is 0 Å². The van der Waals surface area contributed by atoms with Gasteiger partial charge in [0.15, 0.2) is 31.5 Å². The van der Waals surface area contributed by atoms with Crippen LogP contribution < -0.4 is 0 Å². The SMILES string of the molecule is CC1(C)[C@@H](O[C@@H]2OC[C@@H](O[C@H]3O[C@H](CO[C@@H]4O[C@H](CO)[C@@H](O)[C@H](O)[C@H]4O)[C@@H](O)[C@H](O)[C@@H]3O[C@@H]3OC[C@H](O)[C@H](O)[C@@H]3O)[C@@H](O)[C@H]2O[C@H]2O[C@@H](CO)[C@@H](O)[C@@H](O)[C@@H]2O)CC[C@@]2(C)[C@H]1CC[C@@]1(C)[C@H]2CC[C@]23OC[C@@]4(CC[C@@](C)(C=O)C[C@@H]42)[C@@H](O)C[C@@]13C. The lowest BCUT2D eigenvalue weighted by Gasteiger charge is -2.75. The molecule has 0 aromatic heterocycles. The molecule has 0 aromatic rings. The van der Waals surface area contributed by atoms with Crippen molar-refractivity contribution in [3.63, 3.8) is 0 Å². The van der Waals surface area contributed by atoms with Crippen molar-refractivity contribution in [1.29, 1.82) is 0 Å². The summed E-state index contributed by atoms with van der Waals surface area (Å²) < 4.78 is 67.8. The number of fused-ring (bicyclic) bond motifs is 4. The fourth-order valence-electron chi connectivity index (χ4n) is 18.8. The van der Waals surface area contributed by atoms with Crippen molar-refractivity contribution < 1.29 is 133 Å². The van der Waals surface area contributed by atoms with E-state index in [1.807, 2.05) is 6.92 Å². The van der Waals surface area contributed by atoms with Gasteiger partial charge in [0.1, 0.15) is 116 Å². The van der Waals surface area contributed by atoms with Crippen LogP contribution in [0.2, 0.25) is 0 Å². The first kappa shape index (κ1) is 65.1. The average molecular weight is 1220 g/mol. The van der Waals surface area contributed by atoms with Crippen molar-refractivity contribution in [2.24, 2.45) is 50.2 Å². The molecule has 11 rings (SSSR count). The lowest BCUT2D eigenvalue weighted by atomic mass is 9.30. The molecule has 15 N–H and O–H groups in total. The lowest BCUT2D eigenvalue weighted by molar-refractivity contribution is -0.394. The minimum atomic E-state index is -2.03. The van der Waals surface area contributed by atoms with Crippen LogP contribution in [0.15, 0.2) is 0 Å². The second-order valence-electron chi connectivity index (χ2n) is 28.7. The molecule has 0 amide bonds. The maximum Gasteiger partial charge on any atom is 0.187 e. The molecule has 34 atom stereocenters. The molecular weight excluding hydrogens is 1130 g/mol. The second-order valence-corrected chi connectivity index (χ2v) is 28.7. The quantitative estimate of drug-likeness (QED) is 0.0581. The Hall–Kier alpha value is -1.37. The number of rotatable bonds is 14. The van der Waals surface area contributed by atoms with Crippen molar-refractivity contribution in [2.45, 2.75) is 265 Å². The van der Waals surface area contributed by atoms with E-state index in [9.17, 15) is 81.4 Å². The first-order valence-corrected chi connectivity index (χ1v) is 30.6. The zero-order valence-corrected chi connectivity index (χ0v) is 49.2. The van der Waals surface area contributed by atoms with Gasteiger partial charge in [-0.1, -0.05) is 41.5 Å². The second kappa shape index (κ2) is 23.6. The van der Waals surface area contributed by atoms with E-state index in [0.717, 1.165) is 51.2 Å². The van der Waals surface area contributed by atoms with E-state index in [1.165, 1.54) is 0 Å². The van der Waals surface area contributed by atoms with Gasteiger partial charge >= 0.3 is 0 Å². The maximum atomic E-state index is 12.6. The molecule has 85 heavy (non-hydrogen) atoms. The molecule has 1 spiro atoms. The predicted molar refractivity (Wildman–Crippen MR) is 283 cm³/mol. The van der Waals surface area contributed by atoms with Crippen LogP contribution >= 0.6 is 0 Å². The molecule has 27 nitrogen and oxygen atoms in total. The van der Waals surface area contributed by atoms with Crippen LogP contribution in [0.25, 0.3) is 0 Å². The molecule has 5 aliphatic carbocycles. The van der Waals surface area contributed by atoms with Crippen LogP contribution in [-0.4, -0.2) is 282 Å². The summed E-state index contributed by atoms with van der Waals surface area (Å²) in [7, 11) is 0. The van der Waals surface area contributed by atoms with E-state index in [2.05, 4.69) is 34.6 Å². The topological polar surface area (TPSA) is 422 Å². The lowest BCUT2D eigenvalue weighted by Crippen LogP contribution is -2.74. The van der Waals surface area contributed by atoms with Gasteiger partial charge in [0.2, 0.25) is 0 Å². The maximum absolute atomic E-state index is 12.6. The van der Waals surface area contributed by atoms with Crippen LogP contribution in [0.1, 0.15) is 106 Å². The summed E-state index contributed by atoms with van der Waals surface area (Å²) in [5.74, 6) is 0.330. The highest BCUT2D eigenvalue weighted by Gasteiger charge is 2.80. The van der Waals surface area contributed by atoms with Crippen LogP contribution in [0.5, 0.6) is 0 Å². The van der Waals surface area contributed by atoms with Gasteiger partial charge in [-0.15, -0.1) is 0 Å². The summed E-state index contributed by atoms with van der Waals surface area (Å²) in [4.78, 5) is 12.6.